The summed E-state index contributed by atoms with van der Waals surface area (Å²) in [4.78, 5) is 7.04. The van der Waals surface area contributed by atoms with Crippen molar-refractivity contribution in [2.75, 3.05) is 51.0 Å². The molecule has 0 radical (unpaired) electrons. The molecule has 5 nitrogen and oxygen atoms in total. The van der Waals surface area contributed by atoms with Crippen LogP contribution in [-0.2, 0) is 9.47 Å². The molecule has 0 aliphatic rings. The van der Waals surface area contributed by atoms with Crippen LogP contribution in [0, 0.1) is 0 Å². The molecule has 3 aromatic rings. The molecule has 0 spiro atoms. The second kappa shape index (κ2) is 11.5. The number of pyridine rings is 1. The second-order valence-corrected chi connectivity index (χ2v) is 6.87. The van der Waals surface area contributed by atoms with E-state index < -0.39 is 0 Å². The topological polar surface area (TPSA) is 54.8 Å². The summed E-state index contributed by atoms with van der Waals surface area (Å²) in [5.74, 6) is 0. The number of rotatable bonds is 12. The van der Waals surface area contributed by atoms with Gasteiger partial charge in [-0.25, -0.2) is 4.98 Å². The van der Waals surface area contributed by atoms with Crippen molar-refractivity contribution in [3.8, 4) is 11.3 Å². The van der Waals surface area contributed by atoms with E-state index >= 15 is 0 Å². The van der Waals surface area contributed by atoms with E-state index in [0.29, 0.717) is 19.8 Å². The van der Waals surface area contributed by atoms with Gasteiger partial charge in [0.25, 0.3) is 0 Å². The molecule has 1 aromatic heterocycles. The molecule has 0 saturated heterocycles. The zero-order valence-corrected chi connectivity index (χ0v) is 17.1. The van der Waals surface area contributed by atoms with Gasteiger partial charge in [-0.15, -0.1) is 0 Å². The number of aliphatic hydroxyl groups is 1. The van der Waals surface area contributed by atoms with Gasteiger partial charge in [-0.2, -0.15) is 0 Å². The standard InChI is InChI=1S/C24H30N2O3/c1-2-16-28-17-13-26(14-18-29-19-15-27)22-10-7-21(8-11-22)24-12-9-20-5-3-4-6-23(20)25-24/h3-12,27H,2,13-19H2,1H3. The van der Waals surface area contributed by atoms with Crippen molar-refractivity contribution in [3.05, 3.63) is 60.7 Å². The molecule has 0 bridgehead atoms. The number of ether oxygens (including phenoxy) is 2. The lowest BCUT2D eigenvalue weighted by atomic mass is 10.1. The summed E-state index contributed by atoms with van der Waals surface area (Å²) in [6, 6.07) is 20.8. The summed E-state index contributed by atoms with van der Waals surface area (Å²) < 4.78 is 11.1. The number of benzene rings is 2. The Labute approximate surface area is 172 Å². The van der Waals surface area contributed by atoms with Gasteiger partial charge >= 0.3 is 0 Å². The average molecular weight is 395 g/mol. The first-order chi connectivity index (χ1) is 14.3. The van der Waals surface area contributed by atoms with Gasteiger partial charge in [0.05, 0.1) is 37.6 Å². The van der Waals surface area contributed by atoms with E-state index in [-0.39, 0.29) is 6.61 Å². The highest BCUT2D eigenvalue weighted by molar-refractivity contribution is 5.81. The fraction of sp³-hybridized carbons (Fsp3) is 0.375. The van der Waals surface area contributed by atoms with Gasteiger partial charge < -0.3 is 19.5 Å². The summed E-state index contributed by atoms with van der Waals surface area (Å²) in [6.45, 7) is 6.12. The third-order valence-corrected chi connectivity index (χ3v) is 4.72. The molecule has 1 heterocycles. The Bertz CT molecular complexity index is 855. The Morgan fingerprint density at radius 3 is 2.28 bits per heavy atom. The van der Waals surface area contributed by atoms with Gasteiger partial charge in [0.2, 0.25) is 0 Å². The van der Waals surface area contributed by atoms with E-state index in [1.807, 2.05) is 18.2 Å². The van der Waals surface area contributed by atoms with Crippen molar-refractivity contribution in [1.82, 2.24) is 4.98 Å². The van der Waals surface area contributed by atoms with E-state index in [1.54, 1.807) is 0 Å². The van der Waals surface area contributed by atoms with Crippen LogP contribution in [0.3, 0.4) is 0 Å². The first kappa shape index (κ1) is 21.2. The van der Waals surface area contributed by atoms with Crippen LogP contribution in [-0.4, -0.2) is 56.2 Å². The second-order valence-electron chi connectivity index (χ2n) is 6.87. The fourth-order valence-corrected chi connectivity index (χ4v) is 3.20. The van der Waals surface area contributed by atoms with Gasteiger partial charge in [0, 0.05) is 36.3 Å². The van der Waals surface area contributed by atoms with Crippen LogP contribution in [0.25, 0.3) is 22.2 Å². The molecule has 0 atom stereocenters. The van der Waals surface area contributed by atoms with Gasteiger partial charge in [-0.05, 0) is 30.7 Å². The number of aliphatic hydroxyl groups excluding tert-OH is 1. The molecule has 1 N–H and O–H groups in total. The van der Waals surface area contributed by atoms with E-state index in [4.69, 9.17) is 19.6 Å². The Morgan fingerprint density at radius 2 is 1.55 bits per heavy atom. The monoisotopic (exact) mass is 394 g/mol. The number of anilines is 1. The zero-order valence-electron chi connectivity index (χ0n) is 17.1. The van der Waals surface area contributed by atoms with Gasteiger partial charge in [-0.3, -0.25) is 0 Å². The first-order valence-corrected chi connectivity index (χ1v) is 10.3. The zero-order chi connectivity index (χ0) is 20.3. The number of hydrogen-bond acceptors (Lipinski definition) is 5. The molecule has 0 fully saturated rings. The SMILES string of the molecule is CCCOCCN(CCOCCO)c1ccc(-c2ccc3ccccc3n2)cc1. The maximum absolute atomic E-state index is 8.89. The van der Waals surface area contributed by atoms with Crippen LogP contribution < -0.4 is 4.90 Å². The maximum atomic E-state index is 8.89. The molecule has 0 unspecified atom stereocenters. The van der Waals surface area contributed by atoms with E-state index in [1.165, 1.54) is 0 Å². The predicted molar refractivity (Wildman–Crippen MR) is 118 cm³/mol. The minimum absolute atomic E-state index is 0.0487. The molecule has 154 valence electrons. The van der Waals surface area contributed by atoms with E-state index in [0.717, 1.165) is 54.0 Å². The predicted octanol–water partition coefficient (Wildman–Crippen LogP) is 4.14. The highest BCUT2D eigenvalue weighted by Crippen LogP contribution is 2.24. The first-order valence-electron chi connectivity index (χ1n) is 10.3. The molecule has 29 heavy (non-hydrogen) atoms. The molecule has 0 aliphatic heterocycles. The minimum atomic E-state index is 0.0487. The Hall–Kier alpha value is -2.47. The van der Waals surface area contributed by atoms with E-state index in [9.17, 15) is 0 Å². The summed E-state index contributed by atoms with van der Waals surface area (Å²) in [5.41, 5.74) is 4.20. The van der Waals surface area contributed by atoms with E-state index in [2.05, 4.69) is 54.3 Å². The summed E-state index contributed by atoms with van der Waals surface area (Å²) >= 11 is 0. The van der Waals surface area contributed by atoms with Gasteiger partial charge in [0.1, 0.15) is 0 Å². The summed E-state index contributed by atoms with van der Waals surface area (Å²) in [7, 11) is 0. The lowest BCUT2D eigenvalue weighted by Crippen LogP contribution is -2.31. The van der Waals surface area contributed by atoms with Crippen molar-refractivity contribution in [1.29, 1.82) is 0 Å². The van der Waals surface area contributed by atoms with Gasteiger partial charge in [0.15, 0.2) is 0 Å². The van der Waals surface area contributed by atoms with Crippen LogP contribution in [0.15, 0.2) is 60.7 Å². The van der Waals surface area contributed by atoms with Crippen molar-refractivity contribution in [2.24, 2.45) is 0 Å². The Kier molecular flexibility index (Phi) is 8.43. The van der Waals surface area contributed by atoms with Crippen molar-refractivity contribution in [2.45, 2.75) is 13.3 Å². The van der Waals surface area contributed by atoms with Crippen molar-refractivity contribution < 1.29 is 14.6 Å². The minimum Gasteiger partial charge on any atom is -0.394 e. The summed E-state index contributed by atoms with van der Waals surface area (Å²) in [5, 5.41) is 10.0. The molecular formula is C24H30N2O3. The third kappa shape index (κ3) is 6.26. The molecule has 0 amide bonds. The van der Waals surface area contributed by atoms with Crippen molar-refractivity contribution >= 4 is 16.6 Å². The third-order valence-electron chi connectivity index (χ3n) is 4.72. The summed E-state index contributed by atoms with van der Waals surface area (Å²) in [6.07, 6.45) is 1.02. The average Bonchev–Trinajstić information content (AvgIpc) is 2.78. The Morgan fingerprint density at radius 1 is 0.828 bits per heavy atom. The quantitative estimate of drug-likeness (QED) is 0.468. The number of nitrogens with zero attached hydrogens (tertiary/aromatic N) is 2. The molecular weight excluding hydrogens is 364 g/mol. The smallest absolute Gasteiger partial charge is 0.0709 e. The molecule has 0 aliphatic carbocycles. The van der Waals surface area contributed by atoms with Crippen LogP contribution >= 0.6 is 0 Å². The normalized spacial score (nSPS) is 11.1. The largest absolute Gasteiger partial charge is 0.394 e. The molecule has 5 heteroatoms. The highest BCUT2D eigenvalue weighted by atomic mass is 16.5. The number of para-hydroxylation sites is 1. The molecule has 3 rings (SSSR count). The molecule has 2 aromatic carbocycles. The lowest BCUT2D eigenvalue weighted by Gasteiger charge is -2.25. The molecule has 0 saturated carbocycles. The van der Waals surface area contributed by atoms with Crippen LogP contribution in [0.5, 0.6) is 0 Å². The number of fused-ring (bicyclic) bond motifs is 1. The maximum Gasteiger partial charge on any atom is 0.0709 e. The number of aromatic nitrogens is 1. The van der Waals surface area contributed by atoms with Gasteiger partial charge in [-0.1, -0.05) is 43.3 Å². The van der Waals surface area contributed by atoms with Crippen LogP contribution in [0.2, 0.25) is 0 Å². The van der Waals surface area contributed by atoms with Crippen LogP contribution in [0.4, 0.5) is 5.69 Å². The number of hydrogen-bond donors (Lipinski definition) is 1. The van der Waals surface area contributed by atoms with Crippen LogP contribution in [0.1, 0.15) is 13.3 Å². The lowest BCUT2D eigenvalue weighted by molar-refractivity contribution is 0.0948. The fourth-order valence-electron chi connectivity index (χ4n) is 3.20. The highest BCUT2D eigenvalue weighted by Gasteiger charge is 2.08. The van der Waals surface area contributed by atoms with Crippen molar-refractivity contribution in [3.63, 3.8) is 0 Å². The Balaban J connectivity index is 1.70.